The summed E-state index contributed by atoms with van der Waals surface area (Å²) in [5.74, 6) is -0.141. The molecule has 0 aromatic heterocycles. The third-order valence-corrected chi connectivity index (χ3v) is 2.21. The first-order valence-corrected chi connectivity index (χ1v) is 7.38. The molecule has 13 heavy (non-hydrogen) atoms. The van der Waals surface area contributed by atoms with Gasteiger partial charge in [0.25, 0.3) is 0 Å². The Morgan fingerprint density at radius 2 is 2.15 bits per heavy atom. The predicted molar refractivity (Wildman–Crippen MR) is 49.2 cm³/mol. The van der Waals surface area contributed by atoms with Crippen molar-refractivity contribution in [1.82, 2.24) is 0 Å². The van der Waals surface area contributed by atoms with Crippen molar-refractivity contribution in [3.05, 3.63) is 5.73 Å². The second-order valence-corrected chi connectivity index (χ2v) is 3.08. The molecule has 3 nitrogen and oxygen atoms in total. The summed E-state index contributed by atoms with van der Waals surface area (Å²) >= 11 is 0.900. The SMILES string of the molecule is COC(=O)[C@@H]1CCC[C@@H]([NH-])C1.[CH2]=[Cd]. The Bertz CT molecular complexity index is 164. The van der Waals surface area contributed by atoms with Gasteiger partial charge in [0, 0.05) is 0 Å². The van der Waals surface area contributed by atoms with Gasteiger partial charge >= 0.3 is 35.3 Å². The van der Waals surface area contributed by atoms with Gasteiger partial charge in [0.15, 0.2) is 0 Å². The summed E-state index contributed by atoms with van der Waals surface area (Å²) in [6.45, 7) is 0. The van der Waals surface area contributed by atoms with Gasteiger partial charge in [-0.1, -0.05) is 19.3 Å². The number of hydrogen-bond donors (Lipinski definition) is 0. The van der Waals surface area contributed by atoms with E-state index in [-0.39, 0.29) is 17.9 Å². The van der Waals surface area contributed by atoms with E-state index in [0.717, 1.165) is 44.5 Å². The predicted octanol–water partition coefficient (Wildman–Crippen LogP) is 1.74. The molecule has 2 atom stereocenters. The molecule has 4 heteroatoms. The summed E-state index contributed by atoms with van der Waals surface area (Å²) in [6, 6.07) is -0.0483. The molecule has 1 saturated carbocycles. The third kappa shape index (κ3) is 4.85. The van der Waals surface area contributed by atoms with E-state index in [1.807, 2.05) is 0 Å². The first kappa shape index (κ1) is 13.2. The molecule has 0 heterocycles. The second-order valence-electron chi connectivity index (χ2n) is 3.08. The number of nitrogens with one attached hydrogen (secondary N) is 1. The third-order valence-electron chi connectivity index (χ3n) is 2.21. The first-order chi connectivity index (χ1) is 6.24. The molecule has 1 aliphatic carbocycles. The zero-order valence-corrected chi connectivity index (χ0v) is 12.3. The Balaban J connectivity index is 0.000000671. The minimum atomic E-state index is -0.137. The molecule has 1 rings (SSSR count). The van der Waals surface area contributed by atoms with E-state index in [2.05, 4.69) is 8.80 Å². The fraction of sp³-hybridized carbons (Fsp3) is 0.778. The van der Waals surface area contributed by atoms with Crippen LogP contribution < -0.4 is 0 Å². The molecule has 0 aliphatic heterocycles. The Labute approximate surface area is 95.2 Å². The standard InChI is InChI=1S/C8H14NO2.CH2.Cd/c1-11-8(10)6-3-2-4-7(9)5-6;;/h6-7,9H,2-5H2,1H3;1H2;/q-1;;/t6-,7-;;/m1../s1. The quantitative estimate of drug-likeness (QED) is 0.543. The number of esters is 1. The van der Waals surface area contributed by atoms with E-state index >= 15 is 0 Å². The summed E-state index contributed by atoms with van der Waals surface area (Å²) < 4.78 is 8.04. The monoisotopic (exact) mass is 284 g/mol. The summed E-state index contributed by atoms with van der Waals surface area (Å²) in [5, 5.41) is 0. The van der Waals surface area contributed by atoms with Crippen LogP contribution in [0.5, 0.6) is 0 Å². The van der Waals surface area contributed by atoms with E-state index < -0.39 is 0 Å². The fourth-order valence-electron chi connectivity index (χ4n) is 1.57. The van der Waals surface area contributed by atoms with Crippen LogP contribution in [0, 0.1) is 5.92 Å². The summed E-state index contributed by atoms with van der Waals surface area (Å²) in [5.41, 5.74) is 7.46. The molecule has 0 spiro atoms. The van der Waals surface area contributed by atoms with E-state index in [1.54, 1.807) is 0 Å². The molecular formula is C9H16CdNO2-. The Morgan fingerprint density at radius 1 is 1.54 bits per heavy atom. The van der Waals surface area contributed by atoms with Crippen LogP contribution in [0.15, 0.2) is 0 Å². The molecule has 0 saturated heterocycles. The van der Waals surface area contributed by atoms with Crippen molar-refractivity contribution in [3.8, 4) is 0 Å². The molecular weight excluding hydrogens is 267 g/mol. The van der Waals surface area contributed by atoms with Crippen molar-refractivity contribution in [3.63, 3.8) is 0 Å². The molecule has 0 bridgehead atoms. The van der Waals surface area contributed by atoms with Crippen LogP contribution in [0.4, 0.5) is 0 Å². The van der Waals surface area contributed by atoms with E-state index in [1.165, 1.54) is 7.11 Å². The normalized spacial score (nSPS) is 27.1. The molecule has 0 amide bonds. The van der Waals surface area contributed by atoms with Crippen LogP contribution in [0.25, 0.3) is 5.73 Å². The number of carbonyl (C=O) groups excluding carboxylic acids is 1. The van der Waals surface area contributed by atoms with Gasteiger partial charge in [-0.2, -0.15) is 0 Å². The zero-order chi connectivity index (χ0) is 10.3. The van der Waals surface area contributed by atoms with Gasteiger partial charge in [0.1, 0.15) is 0 Å². The fourth-order valence-corrected chi connectivity index (χ4v) is 1.57. The molecule has 1 aliphatic rings. The van der Waals surface area contributed by atoms with Gasteiger partial charge in [-0.05, 0) is 6.42 Å². The molecule has 0 unspecified atom stereocenters. The van der Waals surface area contributed by atoms with Crippen LogP contribution in [-0.2, 0) is 34.8 Å². The molecule has 0 aromatic carbocycles. The second kappa shape index (κ2) is 7.61. The number of hydrogen-bond acceptors (Lipinski definition) is 2. The van der Waals surface area contributed by atoms with Gasteiger partial charge in [-0.25, -0.2) is 0 Å². The summed E-state index contributed by atoms with van der Waals surface area (Å²) in [7, 11) is 1.41. The van der Waals surface area contributed by atoms with E-state index in [4.69, 9.17) is 5.73 Å². The summed E-state index contributed by atoms with van der Waals surface area (Å²) in [6.07, 6.45) is 3.52. The van der Waals surface area contributed by atoms with Crippen molar-refractivity contribution < 1.29 is 34.8 Å². The Kier molecular flexibility index (Phi) is 7.74. The zero-order valence-electron chi connectivity index (χ0n) is 8.21. The number of ether oxygens (including phenoxy) is 1. The number of methoxy groups -OCH3 is 1. The molecule has 0 radical (unpaired) electrons. The van der Waals surface area contributed by atoms with Crippen LogP contribution in [0.3, 0.4) is 0 Å². The first-order valence-electron chi connectivity index (χ1n) is 4.53. The van der Waals surface area contributed by atoms with Crippen molar-refractivity contribution in [2.75, 3.05) is 7.11 Å². The number of carbonyl (C=O) groups is 1. The van der Waals surface area contributed by atoms with Crippen LogP contribution in [0.2, 0.25) is 0 Å². The van der Waals surface area contributed by atoms with Crippen molar-refractivity contribution in [1.29, 1.82) is 0 Å². The topological polar surface area (TPSA) is 50.1 Å². The van der Waals surface area contributed by atoms with Crippen molar-refractivity contribution in [2.24, 2.45) is 5.92 Å². The Morgan fingerprint density at radius 3 is 2.62 bits per heavy atom. The van der Waals surface area contributed by atoms with Gasteiger partial charge in [0.05, 0.1) is 13.0 Å². The van der Waals surface area contributed by atoms with Crippen molar-refractivity contribution in [2.45, 2.75) is 31.7 Å². The van der Waals surface area contributed by atoms with E-state index in [9.17, 15) is 4.79 Å². The number of rotatable bonds is 1. The van der Waals surface area contributed by atoms with Gasteiger partial charge < -0.3 is 10.5 Å². The van der Waals surface area contributed by atoms with Crippen LogP contribution in [-0.4, -0.2) is 23.2 Å². The van der Waals surface area contributed by atoms with Gasteiger partial charge in [-0.15, -0.1) is 6.04 Å². The molecule has 72 valence electrons. The minimum absolute atomic E-state index is 0.00347. The van der Waals surface area contributed by atoms with Crippen LogP contribution >= 0.6 is 0 Å². The molecule has 0 aromatic rings. The maximum atomic E-state index is 11.0. The summed E-state index contributed by atoms with van der Waals surface area (Å²) in [4.78, 5) is 11.0. The average Bonchev–Trinajstić information content (AvgIpc) is 2.20. The van der Waals surface area contributed by atoms with Crippen molar-refractivity contribution >= 4 is 10.0 Å². The van der Waals surface area contributed by atoms with E-state index in [0.29, 0.717) is 6.42 Å². The molecule has 1 N–H and O–H groups in total. The van der Waals surface area contributed by atoms with Crippen LogP contribution in [0.1, 0.15) is 25.7 Å². The Hall–Kier alpha value is 0.222. The average molecular weight is 283 g/mol. The van der Waals surface area contributed by atoms with Gasteiger partial charge in [0.2, 0.25) is 0 Å². The maximum absolute atomic E-state index is 11.0. The molecule has 1 fully saturated rings. The van der Waals surface area contributed by atoms with Gasteiger partial charge in [-0.3, -0.25) is 4.79 Å².